The molecule has 6 heteroatoms. The molecular weight excluding hydrogens is 380 g/mol. The van der Waals surface area contributed by atoms with E-state index < -0.39 is 0 Å². The van der Waals surface area contributed by atoms with Gasteiger partial charge in [-0.1, -0.05) is 12.1 Å². The number of aromatic nitrogens is 3. The largest absolute Gasteiger partial charge is 0.385 e. The van der Waals surface area contributed by atoms with Crippen molar-refractivity contribution in [3.8, 4) is 11.3 Å². The number of nitrogens with zero attached hydrogens (tertiary/aromatic N) is 3. The minimum absolute atomic E-state index is 0.253. The molecule has 1 aromatic carbocycles. The molecule has 4 rings (SSSR count). The van der Waals surface area contributed by atoms with Crippen LogP contribution in [0.5, 0.6) is 0 Å². The molecule has 5 nitrogen and oxygen atoms in total. The van der Waals surface area contributed by atoms with Gasteiger partial charge in [0.1, 0.15) is 4.60 Å². The highest BCUT2D eigenvalue weighted by molar-refractivity contribution is 9.10. The van der Waals surface area contributed by atoms with Crippen LogP contribution in [0.15, 0.2) is 35.1 Å². The number of fused-ring (bicyclic) bond motifs is 1. The van der Waals surface area contributed by atoms with Crippen LogP contribution in [0, 0.1) is 12.8 Å². The highest BCUT2D eigenvalue weighted by Crippen LogP contribution is 2.34. The predicted molar refractivity (Wildman–Crippen MR) is 102 cm³/mol. The van der Waals surface area contributed by atoms with Crippen molar-refractivity contribution >= 4 is 33.0 Å². The fourth-order valence-corrected chi connectivity index (χ4v) is 3.54. The number of aryl methyl sites for hydroxylation is 1. The first-order valence-corrected chi connectivity index (χ1v) is 9.22. The van der Waals surface area contributed by atoms with Gasteiger partial charge in [-0.15, -0.1) is 0 Å². The highest BCUT2D eigenvalue weighted by atomic mass is 79.9. The topological polar surface area (TPSA) is 59.3 Å². The molecule has 0 spiro atoms. The lowest BCUT2D eigenvalue weighted by Crippen LogP contribution is -2.03. The molecule has 0 radical (unpaired) electrons. The molecule has 0 amide bonds. The Morgan fingerprint density at radius 1 is 1.36 bits per heavy atom. The molecular formula is C19H19BrN4O. The lowest BCUT2D eigenvalue weighted by molar-refractivity contribution is 0.0975. The van der Waals surface area contributed by atoms with Crippen molar-refractivity contribution in [3.05, 3.63) is 46.2 Å². The molecule has 2 aromatic heterocycles. The summed E-state index contributed by atoms with van der Waals surface area (Å²) >= 11 is 3.45. The van der Waals surface area contributed by atoms with Crippen LogP contribution in [-0.2, 0) is 0 Å². The average Bonchev–Trinajstić information content (AvgIpc) is 3.30. The molecule has 2 heterocycles. The third kappa shape index (κ3) is 3.06. The molecule has 0 bridgehead atoms. The second-order valence-corrected chi connectivity index (χ2v) is 7.42. The quantitative estimate of drug-likeness (QED) is 0.643. The Morgan fingerprint density at radius 3 is 2.84 bits per heavy atom. The van der Waals surface area contributed by atoms with Crippen LogP contribution < -0.4 is 5.32 Å². The number of carbonyl (C=O) groups is 1. The second kappa shape index (κ2) is 6.26. The van der Waals surface area contributed by atoms with E-state index in [2.05, 4.69) is 31.3 Å². The first-order chi connectivity index (χ1) is 12.1. The van der Waals surface area contributed by atoms with E-state index in [1.54, 1.807) is 0 Å². The zero-order valence-electron chi connectivity index (χ0n) is 14.2. The highest BCUT2D eigenvalue weighted by Gasteiger charge is 2.25. The molecule has 25 heavy (non-hydrogen) atoms. The Kier molecular flexibility index (Phi) is 4.07. The molecule has 1 saturated carbocycles. The Labute approximate surface area is 154 Å². The maximum atomic E-state index is 12.4. The van der Waals surface area contributed by atoms with E-state index in [-0.39, 0.29) is 5.78 Å². The molecule has 0 atom stereocenters. The first-order valence-electron chi connectivity index (χ1n) is 8.43. The summed E-state index contributed by atoms with van der Waals surface area (Å²) < 4.78 is 2.55. The van der Waals surface area contributed by atoms with Crippen molar-refractivity contribution in [2.24, 2.45) is 5.92 Å². The van der Waals surface area contributed by atoms with Gasteiger partial charge in [0.2, 0.25) is 0 Å². The van der Waals surface area contributed by atoms with Gasteiger partial charge in [0, 0.05) is 24.6 Å². The fourth-order valence-electron chi connectivity index (χ4n) is 3.15. The van der Waals surface area contributed by atoms with Crippen molar-refractivity contribution in [3.63, 3.8) is 0 Å². The lowest BCUT2D eigenvalue weighted by atomic mass is 9.98. The molecule has 1 fully saturated rings. The van der Waals surface area contributed by atoms with Crippen LogP contribution in [0.2, 0.25) is 0 Å². The molecule has 1 N–H and O–H groups in total. The zero-order valence-corrected chi connectivity index (χ0v) is 15.8. The fraction of sp³-hybridized carbons (Fsp3) is 0.316. The number of rotatable bonds is 5. The maximum Gasteiger partial charge on any atom is 0.177 e. The van der Waals surface area contributed by atoms with E-state index in [0.717, 1.165) is 38.3 Å². The summed E-state index contributed by atoms with van der Waals surface area (Å²) in [6, 6.07) is 7.87. The van der Waals surface area contributed by atoms with Crippen LogP contribution in [0.25, 0.3) is 16.9 Å². The number of ketones is 1. The van der Waals surface area contributed by atoms with Crippen LogP contribution in [-0.4, -0.2) is 27.4 Å². The summed E-state index contributed by atoms with van der Waals surface area (Å²) in [5, 5.41) is 7.66. The molecule has 1 aliphatic carbocycles. The van der Waals surface area contributed by atoms with Gasteiger partial charge >= 0.3 is 0 Å². The second-order valence-electron chi connectivity index (χ2n) is 6.61. The van der Waals surface area contributed by atoms with Crippen LogP contribution in [0.4, 0.5) is 5.69 Å². The number of hydrogen-bond acceptors (Lipinski definition) is 4. The monoisotopic (exact) mass is 398 g/mol. The first kappa shape index (κ1) is 16.3. The number of imidazole rings is 1. The van der Waals surface area contributed by atoms with Gasteiger partial charge in [-0.05, 0) is 59.3 Å². The number of nitrogens with one attached hydrogen (secondary N) is 1. The van der Waals surface area contributed by atoms with Gasteiger partial charge in [0.15, 0.2) is 11.4 Å². The Morgan fingerprint density at radius 2 is 2.16 bits per heavy atom. The summed E-state index contributed by atoms with van der Waals surface area (Å²) in [5.74, 6) is 0.856. The molecule has 1 aliphatic rings. The SMILES string of the molecule is CNc1cc(Br)nn2c(-c3ccc(C(=O)CC4CC4)c(C)c3)cnc12. The van der Waals surface area contributed by atoms with Gasteiger partial charge in [-0.3, -0.25) is 4.79 Å². The number of carbonyl (C=O) groups excluding carboxylic acids is 1. The standard InChI is InChI=1S/C19H19BrN4O/c1-11-7-13(5-6-14(11)17(25)8-12-3-4-12)16-10-22-19-15(21-2)9-18(20)23-24(16)19/h5-7,9-10,12,21H,3-4,8H2,1-2H3. The summed E-state index contributed by atoms with van der Waals surface area (Å²) in [5.41, 5.74) is 5.41. The average molecular weight is 399 g/mol. The maximum absolute atomic E-state index is 12.4. The Bertz CT molecular complexity index is 975. The molecule has 0 aliphatic heterocycles. The summed E-state index contributed by atoms with van der Waals surface area (Å²) in [7, 11) is 1.86. The van der Waals surface area contributed by atoms with Crippen molar-refractivity contribution in [2.45, 2.75) is 26.2 Å². The van der Waals surface area contributed by atoms with E-state index in [9.17, 15) is 4.79 Å². The van der Waals surface area contributed by atoms with E-state index in [1.807, 2.05) is 48.9 Å². The van der Waals surface area contributed by atoms with Gasteiger partial charge < -0.3 is 5.32 Å². The van der Waals surface area contributed by atoms with Crippen LogP contribution >= 0.6 is 15.9 Å². The van der Waals surface area contributed by atoms with Gasteiger partial charge in [0.25, 0.3) is 0 Å². The number of anilines is 1. The predicted octanol–water partition coefficient (Wildman–Crippen LogP) is 4.49. The van der Waals surface area contributed by atoms with Crippen LogP contribution in [0.3, 0.4) is 0 Å². The molecule has 0 saturated heterocycles. The Balaban J connectivity index is 1.75. The number of benzene rings is 1. The van der Waals surface area contributed by atoms with Gasteiger partial charge in [-0.2, -0.15) is 5.10 Å². The van der Waals surface area contributed by atoms with E-state index in [4.69, 9.17) is 0 Å². The number of Topliss-reactive ketones (excluding diaryl/α,β-unsaturated/α-hetero) is 1. The van der Waals surface area contributed by atoms with Crippen molar-refractivity contribution in [2.75, 3.05) is 12.4 Å². The lowest BCUT2D eigenvalue weighted by Gasteiger charge is -2.09. The summed E-state index contributed by atoms with van der Waals surface area (Å²) in [4.78, 5) is 16.9. The van der Waals surface area contributed by atoms with E-state index >= 15 is 0 Å². The molecule has 128 valence electrons. The summed E-state index contributed by atoms with van der Waals surface area (Å²) in [6.07, 6.45) is 4.88. The smallest absolute Gasteiger partial charge is 0.177 e. The van der Waals surface area contributed by atoms with Crippen LogP contribution in [0.1, 0.15) is 35.2 Å². The third-order valence-corrected chi connectivity index (χ3v) is 5.09. The van der Waals surface area contributed by atoms with E-state index in [0.29, 0.717) is 12.3 Å². The van der Waals surface area contributed by atoms with Crippen molar-refractivity contribution < 1.29 is 4.79 Å². The summed E-state index contributed by atoms with van der Waals surface area (Å²) in [6.45, 7) is 2.00. The number of halogens is 1. The third-order valence-electron chi connectivity index (χ3n) is 4.70. The Hall–Kier alpha value is -2.21. The van der Waals surface area contributed by atoms with Gasteiger partial charge in [-0.25, -0.2) is 9.50 Å². The normalized spacial score (nSPS) is 14.0. The zero-order chi connectivity index (χ0) is 17.6. The number of hydrogen-bond donors (Lipinski definition) is 1. The van der Waals surface area contributed by atoms with Crippen molar-refractivity contribution in [1.29, 1.82) is 0 Å². The van der Waals surface area contributed by atoms with Crippen molar-refractivity contribution in [1.82, 2.24) is 14.6 Å². The van der Waals surface area contributed by atoms with E-state index in [1.165, 1.54) is 12.8 Å². The minimum Gasteiger partial charge on any atom is -0.385 e. The van der Waals surface area contributed by atoms with Gasteiger partial charge in [0.05, 0.1) is 17.6 Å². The molecule has 3 aromatic rings. The molecule has 0 unspecified atom stereocenters. The minimum atomic E-state index is 0.253.